The Labute approximate surface area is 106 Å². The molecule has 1 saturated heterocycles. The fourth-order valence-electron chi connectivity index (χ4n) is 1.94. The number of piperidine rings is 1. The van der Waals surface area contributed by atoms with Crippen molar-refractivity contribution in [3.8, 4) is 0 Å². The third-order valence-electron chi connectivity index (χ3n) is 3.20. The second kappa shape index (κ2) is 4.58. The maximum atomic E-state index is 9.88. The SMILES string of the molecule is CC1(O)CCN(c2ccc(C(N)=S)cn2)CC1. The van der Waals surface area contributed by atoms with Gasteiger partial charge in [-0.3, -0.25) is 0 Å². The summed E-state index contributed by atoms with van der Waals surface area (Å²) in [6.45, 7) is 3.53. The lowest BCUT2D eigenvalue weighted by Crippen LogP contribution is -2.42. The van der Waals surface area contributed by atoms with Gasteiger partial charge in [0.15, 0.2) is 0 Å². The van der Waals surface area contributed by atoms with E-state index in [9.17, 15) is 5.11 Å². The van der Waals surface area contributed by atoms with Crippen LogP contribution in [0.2, 0.25) is 0 Å². The van der Waals surface area contributed by atoms with Gasteiger partial charge < -0.3 is 15.7 Å². The molecule has 1 aromatic rings. The van der Waals surface area contributed by atoms with E-state index in [2.05, 4.69) is 9.88 Å². The number of aliphatic hydroxyl groups is 1. The first-order valence-corrected chi connectivity index (χ1v) is 6.12. The molecule has 0 saturated carbocycles. The summed E-state index contributed by atoms with van der Waals surface area (Å²) in [7, 11) is 0. The van der Waals surface area contributed by atoms with Gasteiger partial charge in [-0.15, -0.1) is 0 Å². The number of hydrogen-bond acceptors (Lipinski definition) is 4. The molecule has 92 valence electrons. The highest BCUT2D eigenvalue weighted by Gasteiger charge is 2.27. The van der Waals surface area contributed by atoms with Crippen LogP contribution in [-0.4, -0.2) is 33.8 Å². The van der Waals surface area contributed by atoms with Crippen molar-refractivity contribution >= 4 is 23.0 Å². The molecule has 5 heteroatoms. The zero-order chi connectivity index (χ0) is 12.5. The molecule has 4 nitrogen and oxygen atoms in total. The molecule has 0 radical (unpaired) electrons. The van der Waals surface area contributed by atoms with Gasteiger partial charge in [0.25, 0.3) is 0 Å². The lowest BCUT2D eigenvalue weighted by Gasteiger charge is -2.36. The Balaban J connectivity index is 2.06. The summed E-state index contributed by atoms with van der Waals surface area (Å²) >= 11 is 4.88. The minimum atomic E-state index is -0.532. The maximum Gasteiger partial charge on any atom is 0.128 e. The molecule has 2 rings (SSSR count). The van der Waals surface area contributed by atoms with E-state index < -0.39 is 5.60 Å². The second-order valence-electron chi connectivity index (χ2n) is 4.75. The van der Waals surface area contributed by atoms with Crippen molar-refractivity contribution in [2.45, 2.75) is 25.4 Å². The van der Waals surface area contributed by atoms with Crippen LogP contribution in [0.25, 0.3) is 0 Å². The summed E-state index contributed by atoms with van der Waals surface area (Å²) in [5.74, 6) is 0.917. The molecule has 0 amide bonds. The molecule has 2 heterocycles. The van der Waals surface area contributed by atoms with Gasteiger partial charge in [-0.1, -0.05) is 12.2 Å². The quantitative estimate of drug-likeness (QED) is 0.770. The van der Waals surface area contributed by atoms with Crippen molar-refractivity contribution in [2.24, 2.45) is 5.73 Å². The third kappa shape index (κ3) is 2.92. The van der Waals surface area contributed by atoms with Crippen LogP contribution in [0.15, 0.2) is 18.3 Å². The molecule has 1 aliphatic heterocycles. The van der Waals surface area contributed by atoms with Gasteiger partial charge >= 0.3 is 0 Å². The topological polar surface area (TPSA) is 62.4 Å². The highest BCUT2D eigenvalue weighted by Crippen LogP contribution is 2.24. The van der Waals surface area contributed by atoms with E-state index in [0.717, 1.165) is 37.3 Å². The number of thiocarbonyl (C=S) groups is 1. The van der Waals surface area contributed by atoms with Gasteiger partial charge in [-0.05, 0) is 31.9 Å². The van der Waals surface area contributed by atoms with Crippen LogP contribution in [-0.2, 0) is 0 Å². The van der Waals surface area contributed by atoms with Crippen molar-refractivity contribution in [1.82, 2.24) is 4.98 Å². The number of hydrogen-bond donors (Lipinski definition) is 2. The number of nitrogens with two attached hydrogens (primary N) is 1. The molecule has 17 heavy (non-hydrogen) atoms. The Kier molecular flexibility index (Phi) is 3.31. The van der Waals surface area contributed by atoms with Crippen molar-refractivity contribution < 1.29 is 5.11 Å². The third-order valence-corrected chi connectivity index (χ3v) is 3.43. The number of nitrogens with zero attached hydrogens (tertiary/aromatic N) is 2. The molecule has 1 aromatic heterocycles. The smallest absolute Gasteiger partial charge is 0.128 e. The summed E-state index contributed by atoms with van der Waals surface area (Å²) in [6.07, 6.45) is 3.24. The van der Waals surface area contributed by atoms with Gasteiger partial charge in [0.1, 0.15) is 10.8 Å². The number of aromatic nitrogens is 1. The zero-order valence-corrected chi connectivity index (χ0v) is 10.7. The van der Waals surface area contributed by atoms with E-state index >= 15 is 0 Å². The van der Waals surface area contributed by atoms with Gasteiger partial charge in [-0.2, -0.15) is 0 Å². The van der Waals surface area contributed by atoms with E-state index in [4.69, 9.17) is 18.0 Å². The average molecular weight is 251 g/mol. The molecule has 3 N–H and O–H groups in total. The van der Waals surface area contributed by atoms with E-state index in [1.807, 2.05) is 19.1 Å². The fraction of sp³-hybridized carbons (Fsp3) is 0.500. The maximum absolute atomic E-state index is 9.88. The zero-order valence-electron chi connectivity index (χ0n) is 9.89. The van der Waals surface area contributed by atoms with E-state index in [1.54, 1.807) is 6.20 Å². The van der Waals surface area contributed by atoms with Crippen molar-refractivity contribution in [3.05, 3.63) is 23.9 Å². The molecular formula is C12H17N3OS. The molecule has 0 atom stereocenters. The molecular weight excluding hydrogens is 234 g/mol. The lowest BCUT2D eigenvalue weighted by atomic mass is 9.94. The molecule has 0 bridgehead atoms. The molecule has 0 unspecified atom stereocenters. The number of anilines is 1. The highest BCUT2D eigenvalue weighted by atomic mass is 32.1. The second-order valence-corrected chi connectivity index (χ2v) is 5.19. The largest absolute Gasteiger partial charge is 0.390 e. The minimum Gasteiger partial charge on any atom is -0.390 e. The Morgan fingerprint density at radius 3 is 2.59 bits per heavy atom. The van der Waals surface area contributed by atoms with Crippen molar-refractivity contribution in [1.29, 1.82) is 0 Å². The summed E-state index contributed by atoms with van der Waals surface area (Å²) in [4.78, 5) is 6.88. The summed E-state index contributed by atoms with van der Waals surface area (Å²) in [6, 6.07) is 3.81. The molecule has 0 spiro atoms. The first kappa shape index (κ1) is 12.3. The Morgan fingerprint density at radius 1 is 1.47 bits per heavy atom. The highest BCUT2D eigenvalue weighted by molar-refractivity contribution is 7.80. The first-order chi connectivity index (χ1) is 7.98. The van der Waals surface area contributed by atoms with Crippen LogP contribution in [0.4, 0.5) is 5.82 Å². The van der Waals surface area contributed by atoms with Gasteiger partial charge in [0.2, 0.25) is 0 Å². The van der Waals surface area contributed by atoms with Crippen LogP contribution in [0.5, 0.6) is 0 Å². The summed E-state index contributed by atoms with van der Waals surface area (Å²) in [5.41, 5.74) is 5.78. The Hall–Kier alpha value is -1.20. The van der Waals surface area contributed by atoms with Crippen LogP contribution >= 0.6 is 12.2 Å². The minimum absolute atomic E-state index is 0.366. The fourth-order valence-corrected chi connectivity index (χ4v) is 2.06. The van der Waals surface area contributed by atoms with Crippen LogP contribution in [0.3, 0.4) is 0 Å². The van der Waals surface area contributed by atoms with Gasteiger partial charge in [0.05, 0.1) is 5.60 Å². The monoisotopic (exact) mass is 251 g/mol. The molecule has 0 aliphatic carbocycles. The number of rotatable bonds is 2. The van der Waals surface area contributed by atoms with E-state index in [-0.39, 0.29) is 0 Å². The van der Waals surface area contributed by atoms with Gasteiger partial charge in [0, 0.05) is 24.8 Å². The molecule has 0 aromatic carbocycles. The van der Waals surface area contributed by atoms with Crippen LogP contribution in [0, 0.1) is 0 Å². The predicted molar refractivity (Wildman–Crippen MR) is 72.2 cm³/mol. The van der Waals surface area contributed by atoms with E-state index in [1.165, 1.54) is 0 Å². The predicted octanol–water partition coefficient (Wildman–Crippen LogP) is 1.07. The lowest BCUT2D eigenvalue weighted by molar-refractivity contribution is 0.0350. The first-order valence-electron chi connectivity index (χ1n) is 5.71. The Morgan fingerprint density at radius 2 is 2.12 bits per heavy atom. The normalized spacial score (nSPS) is 19.1. The van der Waals surface area contributed by atoms with Crippen LogP contribution < -0.4 is 10.6 Å². The number of pyridine rings is 1. The molecule has 1 fully saturated rings. The van der Waals surface area contributed by atoms with E-state index in [0.29, 0.717) is 4.99 Å². The van der Waals surface area contributed by atoms with Crippen LogP contribution in [0.1, 0.15) is 25.3 Å². The van der Waals surface area contributed by atoms with Crippen molar-refractivity contribution in [2.75, 3.05) is 18.0 Å². The standard InChI is InChI=1S/C12H17N3OS/c1-12(16)4-6-15(7-5-12)10-3-2-9(8-14-10)11(13)17/h2-3,8,16H,4-7H2,1H3,(H2,13,17). The summed E-state index contributed by atoms with van der Waals surface area (Å²) in [5, 5.41) is 9.88. The Bertz CT molecular complexity index is 406. The summed E-state index contributed by atoms with van der Waals surface area (Å²) < 4.78 is 0. The molecule has 1 aliphatic rings. The average Bonchev–Trinajstić information content (AvgIpc) is 2.29. The van der Waals surface area contributed by atoms with Crippen molar-refractivity contribution in [3.63, 3.8) is 0 Å². The van der Waals surface area contributed by atoms with Gasteiger partial charge in [-0.25, -0.2) is 4.98 Å².